The summed E-state index contributed by atoms with van der Waals surface area (Å²) in [6, 6.07) is 13.6. The molecule has 27 heavy (non-hydrogen) atoms. The van der Waals surface area contributed by atoms with Crippen LogP contribution in [0.2, 0.25) is 0 Å². The van der Waals surface area contributed by atoms with Gasteiger partial charge in [-0.15, -0.1) is 11.8 Å². The van der Waals surface area contributed by atoms with Gasteiger partial charge in [0.05, 0.1) is 18.1 Å². The number of pyridine rings is 1. The van der Waals surface area contributed by atoms with Gasteiger partial charge >= 0.3 is 0 Å². The summed E-state index contributed by atoms with van der Waals surface area (Å²) < 4.78 is 11.8. The highest BCUT2D eigenvalue weighted by atomic mass is 32.2. The number of carbonyl (C=O) groups excluding carboxylic acids is 1. The highest BCUT2D eigenvalue weighted by Gasteiger charge is 2.24. The van der Waals surface area contributed by atoms with Crippen molar-refractivity contribution in [2.24, 2.45) is 0 Å². The van der Waals surface area contributed by atoms with Crippen LogP contribution in [0, 0.1) is 0 Å². The van der Waals surface area contributed by atoms with Crippen molar-refractivity contribution in [2.45, 2.75) is 31.6 Å². The quantitative estimate of drug-likeness (QED) is 0.691. The predicted molar refractivity (Wildman–Crippen MR) is 108 cm³/mol. The van der Waals surface area contributed by atoms with Crippen LogP contribution >= 0.6 is 11.8 Å². The minimum Gasteiger partial charge on any atom is -0.490 e. The second-order valence-electron chi connectivity index (χ2n) is 6.39. The fourth-order valence-electron chi connectivity index (χ4n) is 3.04. The van der Waals surface area contributed by atoms with Crippen LogP contribution in [-0.2, 0) is 10.5 Å². The number of ether oxygens (including phenoxy) is 2. The summed E-state index contributed by atoms with van der Waals surface area (Å²) in [5, 5.41) is 0. The summed E-state index contributed by atoms with van der Waals surface area (Å²) in [7, 11) is 0. The van der Waals surface area contributed by atoms with Gasteiger partial charge in [-0.05, 0) is 31.2 Å². The van der Waals surface area contributed by atoms with E-state index in [-0.39, 0.29) is 12.0 Å². The Hall–Kier alpha value is -2.21. The first kappa shape index (κ1) is 19.5. The fourth-order valence-corrected chi connectivity index (χ4v) is 3.88. The van der Waals surface area contributed by atoms with E-state index in [4.69, 9.17) is 9.47 Å². The van der Waals surface area contributed by atoms with E-state index in [1.807, 2.05) is 54.3 Å². The summed E-state index contributed by atoms with van der Waals surface area (Å²) in [6.45, 7) is 4.06. The summed E-state index contributed by atoms with van der Waals surface area (Å²) >= 11 is 1.62. The van der Waals surface area contributed by atoms with Crippen LogP contribution in [0.3, 0.4) is 0 Å². The molecule has 1 amide bonds. The van der Waals surface area contributed by atoms with Gasteiger partial charge < -0.3 is 14.4 Å². The van der Waals surface area contributed by atoms with Gasteiger partial charge in [-0.25, -0.2) is 0 Å². The zero-order valence-corrected chi connectivity index (χ0v) is 16.5. The first-order valence-electron chi connectivity index (χ1n) is 9.40. The molecule has 3 rings (SSSR count). The molecule has 1 aliphatic rings. The number of hydrogen-bond acceptors (Lipinski definition) is 5. The van der Waals surface area contributed by atoms with Gasteiger partial charge in [-0.2, -0.15) is 0 Å². The maximum absolute atomic E-state index is 12.4. The molecule has 0 bridgehead atoms. The monoisotopic (exact) mass is 386 g/mol. The van der Waals surface area contributed by atoms with Gasteiger partial charge in [0.15, 0.2) is 11.5 Å². The van der Waals surface area contributed by atoms with Crippen LogP contribution in [0.15, 0.2) is 48.7 Å². The normalized spacial score (nSPS) is 14.8. The molecular formula is C21H26N2O3S. The standard InChI is InChI=1S/C21H26N2O3S/c1-2-25-19-8-3-4-9-20(19)26-18-10-13-23(14-11-18)21(24)16-27-15-17-7-5-6-12-22-17/h3-9,12,18H,2,10-11,13-16H2,1H3. The van der Waals surface area contributed by atoms with E-state index in [9.17, 15) is 4.79 Å². The van der Waals surface area contributed by atoms with Gasteiger partial charge in [-0.3, -0.25) is 9.78 Å². The lowest BCUT2D eigenvalue weighted by atomic mass is 10.1. The number of piperidine rings is 1. The van der Waals surface area contributed by atoms with E-state index in [0.29, 0.717) is 12.4 Å². The lowest BCUT2D eigenvalue weighted by Crippen LogP contribution is -2.42. The summed E-state index contributed by atoms with van der Waals surface area (Å²) in [5.41, 5.74) is 1.01. The van der Waals surface area contributed by atoms with Crippen molar-refractivity contribution in [3.63, 3.8) is 0 Å². The third-order valence-corrected chi connectivity index (χ3v) is 5.39. The largest absolute Gasteiger partial charge is 0.490 e. The van der Waals surface area contributed by atoms with Crippen molar-refractivity contribution in [3.8, 4) is 11.5 Å². The Bertz CT molecular complexity index is 718. The van der Waals surface area contributed by atoms with Crippen LogP contribution in [0.1, 0.15) is 25.5 Å². The van der Waals surface area contributed by atoms with Crippen molar-refractivity contribution in [1.29, 1.82) is 0 Å². The predicted octanol–water partition coefficient (Wildman–Crippen LogP) is 3.78. The van der Waals surface area contributed by atoms with Crippen LogP contribution in [-0.4, -0.2) is 47.3 Å². The van der Waals surface area contributed by atoms with E-state index in [1.54, 1.807) is 18.0 Å². The summed E-state index contributed by atoms with van der Waals surface area (Å²) in [4.78, 5) is 18.6. The number of benzene rings is 1. The minimum absolute atomic E-state index is 0.122. The van der Waals surface area contributed by atoms with E-state index >= 15 is 0 Å². The molecule has 144 valence electrons. The number of carbonyl (C=O) groups is 1. The number of likely N-dealkylation sites (tertiary alicyclic amines) is 1. The lowest BCUT2D eigenvalue weighted by molar-refractivity contribution is -0.130. The van der Waals surface area contributed by atoms with Crippen molar-refractivity contribution >= 4 is 17.7 Å². The van der Waals surface area contributed by atoms with Gasteiger partial charge in [0, 0.05) is 37.9 Å². The number of amides is 1. The Labute approximate surface area is 165 Å². The SMILES string of the molecule is CCOc1ccccc1OC1CCN(C(=O)CSCc2ccccn2)CC1. The first-order valence-corrected chi connectivity index (χ1v) is 10.6. The van der Waals surface area contributed by atoms with Gasteiger partial charge in [0.1, 0.15) is 6.10 Å². The Balaban J connectivity index is 1.41. The Kier molecular flexibility index (Phi) is 7.39. The molecule has 0 saturated carbocycles. The zero-order chi connectivity index (χ0) is 18.9. The number of thioether (sulfide) groups is 1. The average Bonchev–Trinajstić information content (AvgIpc) is 2.71. The van der Waals surface area contributed by atoms with Crippen molar-refractivity contribution in [2.75, 3.05) is 25.4 Å². The lowest BCUT2D eigenvalue weighted by Gasteiger charge is -2.32. The molecule has 0 aliphatic carbocycles. The molecule has 0 radical (unpaired) electrons. The molecule has 2 heterocycles. The number of aromatic nitrogens is 1. The molecule has 0 unspecified atom stereocenters. The summed E-state index contributed by atoms with van der Waals surface area (Å²) in [5.74, 6) is 3.03. The molecule has 1 saturated heterocycles. The third-order valence-electron chi connectivity index (χ3n) is 4.44. The molecule has 1 aliphatic heterocycles. The molecule has 1 fully saturated rings. The number of para-hydroxylation sites is 2. The van der Waals surface area contributed by atoms with Crippen molar-refractivity contribution in [1.82, 2.24) is 9.88 Å². The maximum atomic E-state index is 12.4. The number of hydrogen-bond donors (Lipinski definition) is 0. The highest BCUT2D eigenvalue weighted by molar-refractivity contribution is 7.99. The second-order valence-corrected chi connectivity index (χ2v) is 7.38. The number of rotatable bonds is 8. The molecule has 2 aromatic rings. The maximum Gasteiger partial charge on any atom is 0.232 e. The molecular weight excluding hydrogens is 360 g/mol. The van der Waals surface area contributed by atoms with E-state index < -0.39 is 0 Å². The molecule has 1 aromatic heterocycles. The molecule has 0 N–H and O–H groups in total. The smallest absolute Gasteiger partial charge is 0.232 e. The molecule has 5 nitrogen and oxygen atoms in total. The molecule has 1 aromatic carbocycles. The fraction of sp³-hybridized carbons (Fsp3) is 0.429. The molecule has 6 heteroatoms. The second kappa shape index (κ2) is 10.2. The Morgan fingerprint density at radius 2 is 1.89 bits per heavy atom. The number of nitrogens with zero attached hydrogens (tertiary/aromatic N) is 2. The van der Waals surface area contributed by atoms with Crippen LogP contribution in [0.5, 0.6) is 11.5 Å². The Morgan fingerprint density at radius 3 is 2.59 bits per heavy atom. The minimum atomic E-state index is 0.122. The average molecular weight is 387 g/mol. The third kappa shape index (κ3) is 5.89. The van der Waals surface area contributed by atoms with E-state index in [1.165, 1.54) is 0 Å². The van der Waals surface area contributed by atoms with Gasteiger partial charge in [0.2, 0.25) is 5.91 Å². The Morgan fingerprint density at radius 1 is 1.15 bits per heavy atom. The summed E-state index contributed by atoms with van der Waals surface area (Å²) in [6.07, 6.45) is 3.59. The topological polar surface area (TPSA) is 51.7 Å². The van der Waals surface area contributed by atoms with Crippen LogP contribution in [0.4, 0.5) is 0 Å². The molecule has 0 spiro atoms. The van der Waals surface area contributed by atoms with E-state index in [0.717, 1.165) is 48.9 Å². The van der Waals surface area contributed by atoms with Crippen LogP contribution in [0.25, 0.3) is 0 Å². The van der Waals surface area contributed by atoms with Crippen molar-refractivity contribution < 1.29 is 14.3 Å². The van der Waals surface area contributed by atoms with E-state index in [2.05, 4.69) is 4.98 Å². The molecule has 0 atom stereocenters. The zero-order valence-electron chi connectivity index (χ0n) is 15.7. The first-order chi connectivity index (χ1) is 13.3. The highest BCUT2D eigenvalue weighted by Crippen LogP contribution is 2.29. The van der Waals surface area contributed by atoms with Gasteiger partial charge in [-0.1, -0.05) is 18.2 Å². The van der Waals surface area contributed by atoms with Crippen LogP contribution < -0.4 is 9.47 Å². The van der Waals surface area contributed by atoms with Crippen molar-refractivity contribution in [3.05, 3.63) is 54.4 Å². The van der Waals surface area contributed by atoms with Gasteiger partial charge in [0.25, 0.3) is 0 Å².